The van der Waals surface area contributed by atoms with Crippen molar-refractivity contribution in [3.63, 3.8) is 0 Å². The number of nitrogens with zero attached hydrogens (tertiary/aromatic N) is 11. The number of methoxy groups -OCH3 is 4. The molecule has 0 unspecified atom stereocenters. The quantitative estimate of drug-likeness (QED) is 0.0339. The standard InChI is InChI=1S/C26H21N5O3.C18H15ClN4O4.C17H15ClN4O3.C9H8BNO2.C4H8O.CH4O.3CH4.Al.Li.4H/c1-13-23(14(2)34-31-13)18-10-20-17(11-21(18)33-3)24-25(29-22(12-32)30-26(24)28-20)16-8-9-27-19-7-5-4-6-15(16)19;1-7-13(8(2)27-23-7)10-5-11-9(6-12(10)25-3)14-15(19)21-17(18(24)26-4)22-16(14)20-11;1-7-14(8(2)25-22-7)10-4-11-9(5-12(10)24-3)15-16(18)20-13(6-23)21-17(15)19-11;12-10(13)8-5-6-11-9-4-2-1-3-7(8)9;1-2-4-5-3-1;1-2;;;;;;;;;/h4-11,32H,12H2,1-3H3,(H,28,29,30);5-6H,1-4H3,(H,20,21,22);4-5,23H,6H2,1-3H3,(H,19,20,21);1-6,12-13H;1-4H2;2H,1H3;3*1H4;;;;;;/q;;;;;;;;;;+1;;;;-1. The van der Waals surface area contributed by atoms with E-state index in [1.165, 1.54) is 20.0 Å². The maximum Gasteiger partial charge on any atom is 1.00 e. The average molecular weight is 1560 g/mol. The number of hydrogen-bond acceptors (Lipinski definition) is 25. The van der Waals surface area contributed by atoms with Gasteiger partial charge in [-0.15, -0.1) is 0 Å². The number of H-pyrrole nitrogens is 3. The largest absolute Gasteiger partial charge is 1.00 e. The Bertz CT molecular complexity index is 5880. The molecule has 28 nitrogen and oxygen atoms in total. The summed E-state index contributed by atoms with van der Waals surface area (Å²) < 4.78 is 42.5. The van der Waals surface area contributed by atoms with Crippen LogP contribution < -0.4 is 38.5 Å². The predicted molar refractivity (Wildman–Crippen MR) is 434 cm³/mol. The topological polar surface area (TPSA) is 393 Å². The molecule has 0 amide bonds. The van der Waals surface area contributed by atoms with E-state index >= 15 is 0 Å². The molecule has 1 aliphatic rings. The minimum Gasteiger partial charge on any atom is -1.00 e. The number of aromatic amines is 3. The van der Waals surface area contributed by atoms with Crippen LogP contribution in [0, 0.1) is 41.5 Å². The van der Waals surface area contributed by atoms with Crippen molar-refractivity contribution in [2.24, 2.45) is 0 Å². The molecule has 33 heteroatoms. The van der Waals surface area contributed by atoms with Crippen molar-refractivity contribution in [2.75, 3.05) is 48.8 Å². The smallest absolute Gasteiger partial charge is 1.00 e. The third kappa shape index (κ3) is 17.7. The zero-order chi connectivity index (χ0) is 75.2. The van der Waals surface area contributed by atoms with Crippen molar-refractivity contribution in [3.05, 3.63) is 172 Å². The first-order valence-electron chi connectivity index (χ1n) is 33.0. The minimum absolute atomic E-state index is 0. The monoisotopic (exact) mass is 1560 g/mol. The second kappa shape index (κ2) is 38.5. The first-order chi connectivity index (χ1) is 51.3. The molecule has 0 radical (unpaired) electrons. The van der Waals surface area contributed by atoms with E-state index < -0.39 is 13.1 Å². The van der Waals surface area contributed by atoms with Gasteiger partial charge in [0.15, 0.2) is 29.0 Å². The third-order valence-electron chi connectivity index (χ3n) is 17.6. The van der Waals surface area contributed by atoms with E-state index in [1.807, 2.05) is 133 Å². The average Bonchev–Trinajstić information content (AvgIpc) is 1.59. The van der Waals surface area contributed by atoms with Gasteiger partial charge in [-0.25, -0.2) is 34.7 Å². The van der Waals surface area contributed by atoms with Crippen molar-refractivity contribution in [1.82, 2.24) is 70.3 Å². The van der Waals surface area contributed by atoms with Crippen LogP contribution in [0.15, 0.2) is 123 Å². The summed E-state index contributed by atoms with van der Waals surface area (Å²) in [5, 5.41) is 63.3. The Labute approximate surface area is 672 Å². The number of para-hydroxylation sites is 2. The molecule has 0 atom stereocenters. The Morgan fingerprint density at radius 2 is 0.910 bits per heavy atom. The van der Waals surface area contributed by atoms with Crippen LogP contribution in [-0.2, 0) is 22.7 Å². The van der Waals surface area contributed by atoms with E-state index in [9.17, 15) is 15.0 Å². The molecule has 111 heavy (non-hydrogen) atoms. The number of benzene rings is 5. The number of carbonyl (C=O) groups excluding carboxylic acids is 1. The molecule has 8 N–H and O–H groups in total. The van der Waals surface area contributed by atoms with E-state index in [1.54, 1.807) is 39.8 Å². The first kappa shape index (κ1) is 87.8. The molecular weight excluding hydrogens is 1470 g/mol. The number of fused-ring (bicyclic) bond motifs is 11. The number of nitrogens with one attached hydrogen (secondary N) is 3. The normalized spacial score (nSPS) is 11.3. The number of rotatable bonds is 11. The van der Waals surface area contributed by atoms with Gasteiger partial charge in [0, 0.05) is 93.1 Å². The third-order valence-corrected chi connectivity index (χ3v) is 18.1. The van der Waals surface area contributed by atoms with Crippen molar-refractivity contribution in [2.45, 2.75) is 89.9 Å². The summed E-state index contributed by atoms with van der Waals surface area (Å²) >= 11 is 12.6. The summed E-state index contributed by atoms with van der Waals surface area (Å²) in [6, 6.07) is 30.5. The van der Waals surface area contributed by atoms with Gasteiger partial charge in [0.25, 0.3) is 0 Å². The Morgan fingerprint density at radius 1 is 0.514 bits per heavy atom. The van der Waals surface area contributed by atoms with Crippen molar-refractivity contribution in [3.8, 4) is 61.9 Å². The molecule has 0 aliphatic carbocycles. The summed E-state index contributed by atoms with van der Waals surface area (Å²) in [4.78, 5) is 56.2. The number of esters is 1. The molecule has 12 heterocycles. The Morgan fingerprint density at radius 3 is 1.32 bits per heavy atom. The molecule has 16 aromatic rings. The van der Waals surface area contributed by atoms with Crippen LogP contribution in [0.2, 0.25) is 10.3 Å². The molecular formula is C78H87AlBCl2LiN14O14. The molecule has 1 saturated heterocycles. The number of aliphatic hydroxyl groups excluding tert-OH is 3. The predicted octanol–water partition coefficient (Wildman–Crippen LogP) is 10.6. The molecule has 1 aliphatic heterocycles. The summed E-state index contributed by atoms with van der Waals surface area (Å²) in [5.41, 5.74) is 15.4. The summed E-state index contributed by atoms with van der Waals surface area (Å²) in [6.45, 7) is 12.7. The van der Waals surface area contributed by atoms with E-state index in [2.05, 4.69) is 70.0 Å². The fraction of sp³-hybridized carbons (Fsp3) is 0.256. The van der Waals surface area contributed by atoms with Crippen LogP contribution in [0.1, 0.15) is 93.2 Å². The summed E-state index contributed by atoms with van der Waals surface area (Å²) in [5.74, 6) is 3.95. The maximum absolute atomic E-state index is 11.8. The van der Waals surface area contributed by atoms with Gasteiger partial charge < -0.3 is 79.0 Å². The zero-order valence-electron chi connectivity index (χ0n) is 61.3. The SMILES string of the molecule is C.C.C.C1CCOC1.CO.COC(=O)c1nc(Cl)c2c(n1)[nH]c1cc(-c3c(C)noc3C)c(OC)cc12.COc1cc2c(cc1-c1c(C)noc1C)[nH]c1nc(CO)nc(-c3ccnc4ccccc34)c12.COc1cc2c(cc1-c1c(C)noc1C)[nH]c1nc(CO)nc(Cl)c12.OB(O)c1ccnc2ccccc12.[AlH3].[H-].[Li+]. The zero-order valence-corrected chi connectivity index (χ0v) is 61.8. The van der Waals surface area contributed by atoms with Gasteiger partial charge in [-0.3, -0.25) is 9.97 Å². The molecule has 574 valence electrons. The van der Waals surface area contributed by atoms with Gasteiger partial charge in [0.1, 0.15) is 75.0 Å². The van der Waals surface area contributed by atoms with E-state index in [0.29, 0.717) is 67.8 Å². The Kier molecular flexibility index (Phi) is 30.5. The summed E-state index contributed by atoms with van der Waals surface area (Å²) in [7, 11) is 5.67. The molecule has 0 spiro atoms. The molecule has 0 saturated carbocycles. The van der Waals surface area contributed by atoms with Crippen LogP contribution in [0.3, 0.4) is 0 Å². The Hall–Kier alpha value is -10.4. The van der Waals surface area contributed by atoms with E-state index in [0.717, 1.165) is 148 Å². The van der Waals surface area contributed by atoms with Gasteiger partial charge in [-0.2, -0.15) is 0 Å². The van der Waals surface area contributed by atoms with Gasteiger partial charge in [-0.05, 0) is 126 Å². The van der Waals surface area contributed by atoms with Crippen LogP contribution >= 0.6 is 23.2 Å². The molecule has 1 fully saturated rings. The number of carbonyl (C=O) groups is 1. The number of halogens is 2. The molecule has 5 aromatic carbocycles. The molecule has 11 aromatic heterocycles. The fourth-order valence-electron chi connectivity index (χ4n) is 12.8. The molecule has 17 rings (SSSR count). The van der Waals surface area contributed by atoms with Crippen LogP contribution in [0.25, 0.3) is 132 Å². The maximum atomic E-state index is 11.8. The van der Waals surface area contributed by atoms with Crippen molar-refractivity contribution >= 4 is 147 Å². The fourth-order valence-corrected chi connectivity index (χ4v) is 13.4. The molecule has 0 bridgehead atoms. The number of aliphatic hydroxyl groups is 3. The van der Waals surface area contributed by atoms with Crippen molar-refractivity contribution < 1.29 is 87.7 Å². The second-order valence-electron chi connectivity index (χ2n) is 24.0. The van der Waals surface area contributed by atoms with Gasteiger partial charge in [-0.1, -0.05) is 97.4 Å². The van der Waals surface area contributed by atoms with Crippen LogP contribution in [0.4, 0.5) is 0 Å². The number of pyridine rings is 2. The van der Waals surface area contributed by atoms with Gasteiger partial charge in [0.05, 0.1) is 95.1 Å². The van der Waals surface area contributed by atoms with Crippen molar-refractivity contribution in [1.29, 1.82) is 0 Å². The van der Waals surface area contributed by atoms with Gasteiger partial charge in [0.2, 0.25) is 5.82 Å². The van der Waals surface area contributed by atoms with Crippen LogP contribution in [0.5, 0.6) is 17.2 Å². The number of aryl methyl sites for hydroxylation is 6. The number of aromatic nitrogens is 14. The first-order valence-corrected chi connectivity index (χ1v) is 33.8. The number of ether oxygens (including phenoxy) is 5. The van der Waals surface area contributed by atoms with Gasteiger partial charge >= 0.3 is 31.9 Å². The van der Waals surface area contributed by atoms with E-state index in [4.69, 9.17) is 75.9 Å². The Balaban J connectivity index is 0.000000229. The summed E-state index contributed by atoms with van der Waals surface area (Å²) in [6.07, 6.45) is 5.90. The number of hydrogen-bond donors (Lipinski definition) is 8. The van der Waals surface area contributed by atoms with Crippen LogP contribution in [-0.4, -0.2) is 175 Å². The second-order valence-corrected chi connectivity index (χ2v) is 24.7. The minimum atomic E-state index is -1.44. The van der Waals surface area contributed by atoms with E-state index in [-0.39, 0.29) is 95.1 Å².